The molecule has 2 aromatic carbocycles. The molecule has 0 spiro atoms. The minimum atomic E-state index is 0.596. The summed E-state index contributed by atoms with van der Waals surface area (Å²) in [5.74, 6) is 0.666. The lowest BCUT2D eigenvalue weighted by Gasteiger charge is -2.06. The maximum atomic E-state index is 5.65. The quantitative estimate of drug-likeness (QED) is 0.462. The van der Waals surface area contributed by atoms with Gasteiger partial charge in [0.2, 0.25) is 5.88 Å². The molecular weight excluding hydrogens is 346 g/mol. The van der Waals surface area contributed by atoms with Gasteiger partial charge in [0.1, 0.15) is 6.61 Å². The molecule has 0 bridgehead atoms. The average molecular weight is 371 g/mol. The van der Waals surface area contributed by atoms with Crippen molar-refractivity contribution < 1.29 is 4.74 Å². The molecule has 2 heterocycles. The van der Waals surface area contributed by atoms with Crippen LogP contribution in [0.4, 0.5) is 0 Å². The smallest absolute Gasteiger partial charge is 0.213 e. The third kappa shape index (κ3) is 4.41. The lowest BCUT2D eigenvalue weighted by Crippen LogP contribution is -2.20. The lowest BCUT2D eigenvalue weighted by atomic mass is 10.1. The molecule has 142 valence electrons. The van der Waals surface area contributed by atoms with Crippen molar-refractivity contribution in [1.82, 2.24) is 14.9 Å². The first kappa shape index (κ1) is 18.3. The van der Waals surface area contributed by atoms with Crippen molar-refractivity contribution >= 4 is 10.9 Å². The Hall–Kier alpha value is -3.11. The van der Waals surface area contributed by atoms with Gasteiger partial charge in [-0.05, 0) is 30.2 Å². The number of hydrogen-bond donors (Lipinski definition) is 1. The largest absolute Gasteiger partial charge is 0.476 e. The van der Waals surface area contributed by atoms with Crippen LogP contribution in [0.25, 0.3) is 10.9 Å². The van der Waals surface area contributed by atoms with Gasteiger partial charge in [0.15, 0.2) is 0 Å². The highest BCUT2D eigenvalue weighted by Crippen LogP contribution is 2.22. The summed E-state index contributed by atoms with van der Waals surface area (Å²) in [7, 11) is 0. The number of para-hydroxylation sites is 1. The van der Waals surface area contributed by atoms with Gasteiger partial charge in [-0.2, -0.15) is 0 Å². The number of benzene rings is 2. The van der Waals surface area contributed by atoms with Gasteiger partial charge in [0, 0.05) is 49.0 Å². The second-order valence-corrected chi connectivity index (χ2v) is 6.98. The molecule has 0 saturated carbocycles. The van der Waals surface area contributed by atoms with Gasteiger partial charge in [-0.3, -0.25) is 0 Å². The Bertz CT molecular complexity index is 1040. The predicted octanol–water partition coefficient (Wildman–Crippen LogP) is 4.56. The van der Waals surface area contributed by atoms with E-state index in [2.05, 4.69) is 76.5 Å². The highest BCUT2D eigenvalue weighted by Gasteiger charge is 2.08. The minimum Gasteiger partial charge on any atom is -0.476 e. The maximum Gasteiger partial charge on any atom is 0.213 e. The zero-order valence-electron chi connectivity index (χ0n) is 16.1. The minimum absolute atomic E-state index is 0.596. The van der Waals surface area contributed by atoms with Gasteiger partial charge in [0.25, 0.3) is 0 Å². The molecule has 1 N–H and O–H groups in total. The Morgan fingerprint density at radius 1 is 1.00 bits per heavy atom. The van der Waals surface area contributed by atoms with Crippen LogP contribution in [0.5, 0.6) is 5.88 Å². The van der Waals surface area contributed by atoms with E-state index < -0.39 is 0 Å². The van der Waals surface area contributed by atoms with E-state index in [9.17, 15) is 0 Å². The van der Waals surface area contributed by atoms with Crippen molar-refractivity contribution in [1.29, 1.82) is 0 Å². The molecule has 4 nitrogen and oxygen atoms in total. The van der Waals surface area contributed by atoms with Gasteiger partial charge in [0.05, 0.1) is 0 Å². The number of nitrogens with zero attached hydrogens (tertiary/aromatic N) is 2. The van der Waals surface area contributed by atoms with Crippen LogP contribution in [0.3, 0.4) is 0 Å². The third-order valence-corrected chi connectivity index (χ3v) is 4.79. The van der Waals surface area contributed by atoms with Gasteiger partial charge < -0.3 is 14.6 Å². The topological polar surface area (TPSA) is 39.1 Å². The van der Waals surface area contributed by atoms with E-state index in [4.69, 9.17) is 4.74 Å². The number of rotatable bonds is 8. The molecule has 0 atom stereocenters. The Kier molecular flexibility index (Phi) is 5.69. The fourth-order valence-electron chi connectivity index (χ4n) is 3.49. The van der Waals surface area contributed by atoms with E-state index in [1.807, 2.05) is 18.2 Å². The molecule has 0 aliphatic rings. The first-order valence-corrected chi connectivity index (χ1v) is 9.66. The molecule has 28 heavy (non-hydrogen) atoms. The monoisotopic (exact) mass is 371 g/mol. The molecule has 0 radical (unpaired) electrons. The van der Waals surface area contributed by atoms with E-state index in [0.29, 0.717) is 12.5 Å². The summed E-state index contributed by atoms with van der Waals surface area (Å²) in [4.78, 5) is 4.17. The molecular formula is C24H25N3O. The molecule has 0 amide bonds. The van der Waals surface area contributed by atoms with Gasteiger partial charge in [-0.25, -0.2) is 4.98 Å². The van der Waals surface area contributed by atoms with Crippen LogP contribution in [0, 0.1) is 6.92 Å². The lowest BCUT2D eigenvalue weighted by molar-refractivity contribution is 0.302. The Morgan fingerprint density at radius 3 is 2.75 bits per heavy atom. The Balaban J connectivity index is 1.41. The predicted molar refractivity (Wildman–Crippen MR) is 114 cm³/mol. The van der Waals surface area contributed by atoms with Gasteiger partial charge >= 0.3 is 0 Å². The highest BCUT2D eigenvalue weighted by atomic mass is 16.5. The van der Waals surface area contributed by atoms with Crippen LogP contribution < -0.4 is 10.1 Å². The SMILES string of the molecule is Cc1cccc(Cn2cc(CNCCOc3ccccn3)c3ccccc32)c1. The second kappa shape index (κ2) is 8.72. The fraction of sp³-hybridized carbons (Fsp3) is 0.208. The van der Waals surface area contributed by atoms with Crippen molar-refractivity contribution in [3.63, 3.8) is 0 Å². The van der Waals surface area contributed by atoms with Crippen molar-refractivity contribution in [2.24, 2.45) is 0 Å². The van der Waals surface area contributed by atoms with Crippen molar-refractivity contribution in [2.75, 3.05) is 13.2 Å². The summed E-state index contributed by atoms with van der Waals surface area (Å²) in [6.07, 6.45) is 4.01. The van der Waals surface area contributed by atoms with Crippen LogP contribution in [0.2, 0.25) is 0 Å². The molecule has 0 aliphatic heterocycles. The maximum absolute atomic E-state index is 5.65. The number of aromatic nitrogens is 2. The molecule has 0 aliphatic carbocycles. The molecule has 4 aromatic rings. The summed E-state index contributed by atoms with van der Waals surface area (Å²) in [6.45, 7) is 5.20. The highest BCUT2D eigenvalue weighted by molar-refractivity contribution is 5.84. The van der Waals surface area contributed by atoms with Gasteiger partial charge in [-0.15, -0.1) is 0 Å². The Morgan fingerprint density at radius 2 is 1.89 bits per heavy atom. The van der Waals surface area contributed by atoms with Crippen LogP contribution in [-0.2, 0) is 13.1 Å². The van der Waals surface area contributed by atoms with Crippen LogP contribution >= 0.6 is 0 Å². The van der Waals surface area contributed by atoms with E-state index in [-0.39, 0.29) is 0 Å². The van der Waals surface area contributed by atoms with Crippen LogP contribution in [0.1, 0.15) is 16.7 Å². The normalized spacial score (nSPS) is 11.0. The number of nitrogens with one attached hydrogen (secondary N) is 1. The second-order valence-electron chi connectivity index (χ2n) is 6.98. The van der Waals surface area contributed by atoms with Crippen molar-refractivity contribution in [3.05, 3.63) is 95.8 Å². The fourth-order valence-corrected chi connectivity index (χ4v) is 3.49. The number of hydrogen-bond acceptors (Lipinski definition) is 3. The standard InChI is InChI=1S/C24H25N3O/c1-19-7-6-8-20(15-19)17-27-18-21(22-9-2-3-10-23(22)27)16-25-13-14-28-24-11-4-5-12-26-24/h2-12,15,18,25H,13-14,16-17H2,1H3. The van der Waals surface area contributed by atoms with E-state index in [0.717, 1.165) is 19.6 Å². The van der Waals surface area contributed by atoms with Crippen LogP contribution in [-0.4, -0.2) is 22.7 Å². The zero-order valence-corrected chi connectivity index (χ0v) is 16.1. The van der Waals surface area contributed by atoms with Crippen LogP contribution in [0.15, 0.2) is 79.1 Å². The summed E-state index contributed by atoms with van der Waals surface area (Å²) in [5.41, 5.74) is 5.19. The van der Waals surface area contributed by atoms with Crippen molar-refractivity contribution in [3.8, 4) is 5.88 Å². The number of aryl methyl sites for hydroxylation is 1. The summed E-state index contributed by atoms with van der Waals surface area (Å²) in [6, 6.07) is 23.0. The third-order valence-electron chi connectivity index (χ3n) is 4.79. The molecule has 4 rings (SSSR count). The van der Waals surface area contributed by atoms with E-state index in [1.54, 1.807) is 6.20 Å². The molecule has 0 unspecified atom stereocenters. The van der Waals surface area contributed by atoms with Crippen molar-refractivity contribution in [2.45, 2.75) is 20.0 Å². The molecule has 4 heteroatoms. The van der Waals surface area contributed by atoms with E-state index in [1.165, 1.54) is 27.6 Å². The summed E-state index contributed by atoms with van der Waals surface area (Å²) >= 11 is 0. The first-order valence-electron chi connectivity index (χ1n) is 9.66. The number of pyridine rings is 1. The first-order chi connectivity index (χ1) is 13.8. The average Bonchev–Trinajstić information content (AvgIpc) is 3.06. The summed E-state index contributed by atoms with van der Waals surface area (Å²) in [5, 5.41) is 4.78. The zero-order chi connectivity index (χ0) is 19.2. The molecule has 0 fully saturated rings. The molecule has 0 saturated heterocycles. The number of ether oxygens (including phenoxy) is 1. The number of fused-ring (bicyclic) bond motifs is 1. The molecule has 2 aromatic heterocycles. The summed E-state index contributed by atoms with van der Waals surface area (Å²) < 4.78 is 7.99. The Labute approximate surface area is 165 Å². The van der Waals surface area contributed by atoms with Gasteiger partial charge in [-0.1, -0.05) is 54.1 Å². The van der Waals surface area contributed by atoms with E-state index >= 15 is 0 Å².